The molecule has 1 atom stereocenters. The molecule has 0 aromatic carbocycles. The number of nitrogen functional groups attached to an aromatic ring is 1. The lowest BCUT2D eigenvalue weighted by Crippen LogP contribution is -2.38. The van der Waals surface area contributed by atoms with Gasteiger partial charge in [-0.3, -0.25) is 0 Å². The first kappa shape index (κ1) is 19.4. The summed E-state index contributed by atoms with van der Waals surface area (Å²) in [5, 5.41) is 3.96. The van der Waals surface area contributed by atoms with Crippen molar-refractivity contribution in [3.8, 4) is 0 Å². The third-order valence-electron chi connectivity index (χ3n) is 4.56. The molecule has 0 spiro atoms. The fourth-order valence-corrected chi connectivity index (χ4v) is 3.84. The Hall–Kier alpha value is -2.92. The van der Waals surface area contributed by atoms with Crippen LogP contribution in [0.3, 0.4) is 0 Å². The molecule has 9 nitrogen and oxygen atoms in total. The molecule has 4 rings (SSSR count). The number of morpholine rings is 1. The summed E-state index contributed by atoms with van der Waals surface area (Å²) in [7, 11) is 0. The Morgan fingerprint density at radius 3 is 2.55 bits per heavy atom. The molecular weight excluding hydrogens is 395 g/mol. The van der Waals surface area contributed by atoms with Gasteiger partial charge < -0.3 is 20.7 Å². The van der Waals surface area contributed by atoms with Gasteiger partial charge in [0.15, 0.2) is 10.9 Å². The number of halogens is 1. The smallest absolute Gasteiger partial charge is 0.223 e. The first-order valence-corrected chi connectivity index (χ1v) is 10.00. The molecule has 0 saturated carbocycles. The van der Waals surface area contributed by atoms with Crippen LogP contribution < -0.4 is 16.0 Å². The molecule has 4 heterocycles. The van der Waals surface area contributed by atoms with Crippen LogP contribution in [0.25, 0.3) is 0 Å². The second-order valence-electron chi connectivity index (χ2n) is 6.65. The van der Waals surface area contributed by atoms with E-state index in [0.717, 1.165) is 22.8 Å². The predicted molar refractivity (Wildman–Crippen MR) is 109 cm³/mol. The summed E-state index contributed by atoms with van der Waals surface area (Å²) in [6.07, 6.45) is 4.10. The van der Waals surface area contributed by atoms with Crippen LogP contribution in [-0.4, -0.2) is 51.2 Å². The zero-order chi connectivity index (χ0) is 20.4. The Morgan fingerprint density at radius 2 is 1.90 bits per heavy atom. The zero-order valence-corrected chi connectivity index (χ0v) is 16.9. The minimum absolute atomic E-state index is 0.151. The number of ether oxygens (including phenoxy) is 1. The van der Waals surface area contributed by atoms with Crippen molar-refractivity contribution in [1.82, 2.24) is 24.9 Å². The van der Waals surface area contributed by atoms with Crippen LogP contribution in [0.15, 0.2) is 18.6 Å². The standard InChI is InChI=1S/C18H21FN8OS/c1-10-7-23-18(29-10)25-15-13(11(2)14-21-8-12(19)9-22-14)16(26-17(20)24-15)27-3-5-28-6-4-27/h7-9,11H,3-6H2,1-2H3,(H3,20,23,24,25,26)/t11-/m0/s1. The number of hydrogen-bond acceptors (Lipinski definition) is 10. The van der Waals surface area contributed by atoms with Gasteiger partial charge in [-0.15, -0.1) is 11.3 Å². The molecule has 0 amide bonds. The first-order chi connectivity index (χ1) is 14.0. The number of aryl methyl sites for hydroxylation is 1. The van der Waals surface area contributed by atoms with Gasteiger partial charge in [0.1, 0.15) is 17.5 Å². The average molecular weight is 416 g/mol. The summed E-state index contributed by atoms with van der Waals surface area (Å²) in [5.74, 6) is 1.05. The lowest BCUT2D eigenvalue weighted by atomic mass is 10.00. The van der Waals surface area contributed by atoms with Crippen molar-refractivity contribution in [3.63, 3.8) is 0 Å². The maximum atomic E-state index is 13.3. The molecule has 0 aliphatic carbocycles. The molecule has 11 heteroatoms. The van der Waals surface area contributed by atoms with Gasteiger partial charge in [-0.25, -0.2) is 19.3 Å². The van der Waals surface area contributed by atoms with Gasteiger partial charge in [0.2, 0.25) is 5.95 Å². The van der Waals surface area contributed by atoms with Crippen molar-refractivity contribution in [3.05, 3.63) is 40.7 Å². The molecule has 3 aromatic heterocycles. The van der Waals surface area contributed by atoms with Gasteiger partial charge in [0.25, 0.3) is 0 Å². The van der Waals surface area contributed by atoms with Gasteiger partial charge >= 0.3 is 0 Å². The number of anilines is 4. The minimum atomic E-state index is -0.487. The molecule has 0 radical (unpaired) electrons. The molecule has 1 aliphatic heterocycles. The van der Waals surface area contributed by atoms with Crippen LogP contribution in [0.4, 0.5) is 27.1 Å². The van der Waals surface area contributed by atoms with Gasteiger partial charge in [-0.1, -0.05) is 6.92 Å². The molecule has 1 fully saturated rings. The number of hydrogen-bond donors (Lipinski definition) is 2. The number of nitrogens with one attached hydrogen (secondary N) is 1. The zero-order valence-electron chi connectivity index (χ0n) is 16.1. The fraction of sp³-hybridized carbons (Fsp3) is 0.389. The number of thiazole rings is 1. The Kier molecular flexibility index (Phi) is 5.49. The van der Waals surface area contributed by atoms with Crippen LogP contribution in [-0.2, 0) is 4.74 Å². The Labute approximate surface area is 171 Å². The molecule has 0 bridgehead atoms. The highest BCUT2D eigenvalue weighted by Gasteiger charge is 2.27. The van der Waals surface area contributed by atoms with E-state index in [1.165, 1.54) is 11.3 Å². The Morgan fingerprint density at radius 1 is 1.17 bits per heavy atom. The van der Waals surface area contributed by atoms with Crippen molar-refractivity contribution < 1.29 is 9.13 Å². The largest absolute Gasteiger partial charge is 0.378 e. The average Bonchev–Trinajstić information content (AvgIpc) is 3.13. The number of aromatic nitrogens is 5. The normalized spacial score (nSPS) is 15.3. The van der Waals surface area contributed by atoms with E-state index in [9.17, 15) is 4.39 Å². The van der Waals surface area contributed by atoms with Crippen molar-refractivity contribution in [2.45, 2.75) is 19.8 Å². The minimum Gasteiger partial charge on any atom is -0.378 e. The molecule has 1 aliphatic rings. The van der Waals surface area contributed by atoms with E-state index >= 15 is 0 Å². The third kappa shape index (κ3) is 4.25. The summed E-state index contributed by atoms with van der Waals surface area (Å²) in [6.45, 7) is 6.46. The van der Waals surface area contributed by atoms with Crippen LogP contribution in [0.2, 0.25) is 0 Å². The second-order valence-corrected chi connectivity index (χ2v) is 7.88. The molecule has 3 aromatic rings. The number of rotatable bonds is 5. The summed E-state index contributed by atoms with van der Waals surface area (Å²) < 4.78 is 18.8. The predicted octanol–water partition coefficient (Wildman–Crippen LogP) is 2.48. The van der Waals surface area contributed by atoms with E-state index in [-0.39, 0.29) is 11.9 Å². The highest BCUT2D eigenvalue weighted by molar-refractivity contribution is 7.15. The maximum Gasteiger partial charge on any atom is 0.223 e. The molecule has 3 N–H and O–H groups in total. The lowest BCUT2D eigenvalue weighted by Gasteiger charge is -2.31. The topological polar surface area (TPSA) is 115 Å². The van der Waals surface area contributed by atoms with Gasteiger partial charge in [-0.2, -0.15) is 9.97 Å². The lowest BCUT2D eigenvalue weighted by molar-refractivity contribution is 0.122. The van der Waals surface area contributed by atoms with E-state index < -0.39 is 5.82 Å². The second kappa shape index (κ2) is 8.21. The van der Waals surface area contributed by atoms with E-state index in [2.05, 4.69) is 35.1 Å². The fourth-order valence-electron chi connectivity index (χ4n) is 3.17. The van der Waals surface area contributed by atoms with Crippen LogP contribution >= 0.6 is 11.3 Å². The number of nitrogens with two attached hydrogens (primary N) is 1. The monoisotopic (exact) mass is 416 g/mol. The van der Waals surface area contributed by atoms with Crippen molar-refractivity contribution in [2.75, 3.05) is 42.3 Å². The summed E-state index contributed by atoms with van der Waals surface area (Å²) in [5.41, 5.74) is 6.81. The highest BCUT2D eigenvalue weighted by atomic mass is 32.1. The SMILES string of the molecule is Cc1cnc(Nc2nc(N)nc(N3CCOCC3)c2[C@H](C)c2ncc(F)cn2)s1. The highest BCUT2D eigenvalue weighted by Crippen LogP contribution is 2.37. The first-order valence-electron chi connectivity index (χ1n) is 9.18. The summed E-state index contributed by atoms with van der Waals surface area (Å²) in [4.78, 5) is 24.8. The van der Waals surface area contributed by atoms with E-state index in [1.54, 1.807) is 6.20 Å². The van der Waals surface area contributed by atoms with Gasteiger partial charge in [0, 0.05) is 35.6 Å². The Bertz CT molecular complexity index is 990. The summed E-state index contributed by atoms with van der Waals surface area (Å²) in [6, 6.07) is 0. The van der Waals surface area contributed by atoms with Gasteiger partial charge in [-0.05, 0) is 6.92 Å². The quantitative estimate of drug-likeness (QED) is 0.647. The molecular formula is C18H21FN8OS. The number of nitrogens with zero attached hydrogens (tertiary/aromatic N) is 6. The van der Waals surface area contributed by atoms with E-state index in [1.807, 2.05) is 13.8 Å². The van der Waals surface area contributed by atoms with Crippen LogP contribution in [0.5, 0.6) is 0 Å². The van der Waals surface area contributed by atoms with Crippen molar-refractivity contribution in [2.24, 2.45) is 0 Å². The molecule has 0 unspecified atom stereocenters. The third-order valence-corrected chi connectivity index (χ3v) is 5.39. The summed E-state index contributed by atoms with van der Waals surface area (Å²) >= 11 is 1.51. The molecule has 152 valence electrons. The van der Waals surface area contributed by atoms with E-state index in [0.29, 0.717) is 48.9 Å². The van der Waals surface area contributed by atoms with Crippen molar-refractivity contribution in [1.29, 1.82) is 0 Å². The van der Waals surface area contributed by atoms with E-state index in [4.69, 9.17) is 10.5 Å². The van der Waals surface area contributed by atoms with Crippen molar-refractivity contribution >= 4 is 34.1 Å². The molecule has 29 heavy (non-hydrogen) atoms. The Balaban J connectivity index is 1.82. The van der Waals surface area contributed by atoms with Gasteiger partial charge in [0.05, 0.1) is 25.6 Å². The van der Waals surface area contributed by atoms with Crippen LogP contribution in [0, 0.1) is 12.7 Å². The maximum absolute atomic E-state index is 13.3. The van der Waals surface area contributed by atoms with Crippen LogP contribution in [0.1, 0.15) is 29.1 Å². The molecule has 1 saturated heterocycles.